The van der Waals surface area contributed by atoms with Crippen molar-refractivity contribution in [2.45, 2.75) is 37.8 Å². The van der Waals surface area contributed by atoms with Gasteiger partial charge in [-0.15, -0.1) is 0 Å². The van der Waals surface area contributed by atoms with Gasteiger partial charge in [0.2, 0.25) is 5.91 Å². The van der Waals surface area contributed by atoms with E-state index in [4.69, 9.17) is 4.74 Å². The molecule has 1 saturated heterocycles. The Labute approximate surface area is 205 Å². The Balaban J connectivity index is 1.27. The van der Waals surface area contributed by atoms with Gasteiger partial charge in [-0.2, -0.15) is 0 Å². The second kappa shape index (κ2) is 12.6. The van der Waals surface area contributed by atoms with Crippen LogP contribution in [0.2, 0.25) is 0 Å². The van der Waals surface area contributed by atoms with Crippen LogP contribution in [-0.4, -0.2) is 43.1 Å². The van der Waals surface area contributed by atoms with E-state index in [0.29, 0.717) is 19.6 Å². The monoisotopic (exact) mass is 478 g/mol. The predicted molar refractivity (Wildman–Crippen MR) is 133 cm³/mol. The zero-order chi connectivity index (χ0) is 24.5. The molecule has 6 heteroatoms. The molecule has 0 unspecified atom stereocenters. The maximum absolute atomic E-state index is 13.4. The van der Waals surface area contributed by atoms with E-state index in [1.54, 1.807) is 24.3 Å². The molecular weight excluding hydrogens is 446 g/mol. The molecule has 0 spiro atoms. The molecule has 4 nitrogen and oxygen atoms in total. The molecule has 0 radical (unpaired) electrons. The van der Waals surface area contributed by atoms with E-state index >= 15 is 0 Å². The Morgan fingerprint density at radius 3 is 2.20 bits per heavy atom. The average Bonchev–Trinajstić information content (AvgIpc) is 3.33. The van der Waals surface area contributed by atoms with Crippen LogP contribution in [-0.2, 0) is 16.0 Å². The first kappa shape index (κ1) is 25.0. The van der Waals surface area contributed by atoms with Crippen molar-refractivity contribution in [3.63, 3.8) is 0 Å². The molecule has 1 aliphatic heterocycles. The molecule has 3 aromatic rings. The first-order chi connectivity index (χ1) is 17.1. The molecule has 4 rings (SSSR count). The van der Waals surface area contributed by atoms with Crippen LogP contribution in [0.4, 0.5) is 8.78 Å². The van der Waals surface area contributed by atoms with Crippen LogP contribution in [0.3, 0.4) is 0 Å². The highest BCUT2D eigenvalue weighted by atomic mass is 19.1. The number of nitrogens with one attached hydrogen (secondary N) is 1. The third-order valence-corrected chi connectivity index (χ3v) is 6.53. The van der Waals surface area contributed by atoms with Gasteiger partial charge < -0.3 is 10.1 Å². The molecule has 1 atom stereocenters. The largest absolute Gasteiger partial charge is 0.367 e. The van der Waals surface area contributed by atoms with Crippen molar-refractivity contribution in [2.24, 2.45) is 0 Å². The summed E-state index contributed by atoms with van der Waals surface area (Å²) in [4.78, 5) is 14.7. The van der Waals surface area contributed by atoms with Gasteiger partial charge in [0.15, 0.2) is 0 Å². The number of likely N-dealkylation sites (tertiary alicyclic amines) is 1. The van der Waals surface area contributed by atoms with Crippen LogP contribution in [0, 0.1) is 11.6 Å². The number of nitrogens with zero attached hydrogens (tertiary/aromatic N) is 1. The van der Waals surface area contributed by atoms with E-state index in [0.717, 1.165) is 43.5 Å². The SMILES string of the molecule is O=C(CCc1ccccc1)NC[C@@H]1CCCN1CCOC(c1ccc(F)cc1)c1ccc(F)cc1. The molecule has 3 aromatic carbocycles. The summed E-state index contributed by atoms with van der Waals surface area (Å²) < 4.78 is 33.1. The third kappa shape index (κ3) is 7.44. The van der Waals surface area contributed by atoms with Gasteiger partial charge in [-0.25, -0.2) is 8.78 Å². The van der Waals surface area contributed by atoms with Gasteiger partial charge in [-0.05, 0) is 66.8 Å². The molecule has 0 aliphatic carbocycles. The van der Waals surface area contributed by atoms with Gasteiger partial charge in [-0.1, -0.05) is 54.6 Å². The molecule has 1 N–H and O–H groups in total. The summed E-state index contributed by atoms with van der Waals surface area (Å²) >= 11 is 0. The minimum Gasteiger partial charge on any atom is -0.367 e. The van der Waals surface area contributed by atoms with Crippen molar-refractivity contribution in [2.75, 3.05) is 26.2 Å². The van der Waals surface area contributed by atoms with Gasteiger partial charge in [0.1, 0.15) is 17.7 Å². The first-order valence-corrected chi connectivity index (χ1v) is 12.3. The molecule has 1 fully saturated rings. The normalized spacial score (nSPS) is 16.0. The molecule has 1 amide bonds. The molecular formula is C29H32F2N2O2. The number of carbonyl (C=O) groups excluding carboxylic acids is 1. The predicted octanol–water partition coefficient (Wildman–Crippen LogP) is 5.28. The van der Waals surface area contributed by atoms with Gasteiger partial charge >= 0.3 is 0 Å². The van der Waals surface area contributed by atoms with E-state index in [1.807, 2.05) is 30.3 Å². The lowest BCUT2D eigenvalue weighted by Crippen LogP contribution is -2.41. The number of hydrogen-bond donors (Lipinski definition) is 1. The molecule has 1 aliphatic rings. The fraction of sp³-hybridized carbons (Fsp3) is 0.345. The quantitative estimate of drug-likeness (QED) is 0.408. The third-order valence-electron chi connectivity index (χ3n) is 6.53. The van der Waals surface area contributed by atoms with E-state index in [1.165, 1.54) is 29.8 Å². The van der Waals surface area contributed by atoms with Crippen molar-refractivity contribution in [3.05, 3.63) is 107 Å². The highest BCUT2D eigenvalue weighted by molar-refractivity contribution is 5.76. The summed E-state index contributed by atoms with van der Waals surface area (Å²) in [5.74, 6) is -0.542. The van der Waals surface area contributed by atoms with E-state index in [9.17, 15) is 13.6 Å². The van der Waals surface area contributed by atoms with Crippen LogP contribution < -0.4 is 5.32 Å². The Morgan fingerprint density at radius 1 is 0.943 bits per heavy atom. The Bertz CT molecular complexity index is 1010. The van der Waals surface area contributed by atoms with E-state index in [-0.39, 0.29) is 23.6 Å². The number of rotatable bonds is 11. The van der Waals surface area contributed by atoms with E-state index < -0.39 is 6.10 Å². The topological polar surface area (TPSA) is 41.6 Å². The zero-order valence-corrected chi connectivity index (χ0v) is 19.8. The number of benzene rings is 3. The first-order valence-electron chi connectivity index (χ1n) is 12.3. The fourth-order valence-electron chi connectivity index (χ4n) is 4.59. The van der Waals surface area contributed by atoms with Gasteiger partial charge in [0.05, 0.1) is 6.61 Å². The number of carbonyl (C=O) groups is 1. The summed E-state index contributed by atoms with van der Waals surface area (Å²) in [5, 5.41) is 3.09. The summed E-state index contributed by atoms with van der Waals surface area (Å²) in [6.07, 6.45) is 2.94. The van der Waals surface area contributed by atoms with Crippen molar-refractivity contribution in [1.29, 1.82) is 0 Å². The van der Waals surface area contributed by atoms with Gasteiger partial charge in [-0.3, -0.25) is 9.69 Å². The van der Waals surface area contributed by atoms with Crippen molar-refractivity contribution >= 4 is 5.91 Å². The number of aryl methyl sites for hydroxylation is 1. The average molecular weight is 479 g/mol. The summed E-state index contributed by atoms with van der Waals surface area (Å²) in [5.41, 5.74) is 2.81. The summed E-state index contributed by atoms with van der Waals surface area (Å²) in [6.45, 7) is 2.79. The van der Waals surface area contributed by atoms with Crippen LogP contribution >= 0.6 is 0 Å². The van der Waals surface area contributed by atoms with Crippen LogP contribution in [0.5, 0.6) is 0 Å². The second-order valence-corrected chi connectivity index (χ2v) is 8.98. The number of halogens is 2. The molecule has 0 saturated carbocycles. The minimum absolute atomic E-state index is 0.0737. The van der Waals surface area contributed by atoms with Crippen molar-refractivity contribution in [3.8, 4) is 0 Å². The molecule has 0 bridgehead atoms. The van der Waals surface area contributed by atoms with Gasteiger partial charge in [0, 0.05) is 25.6 Å². The fourth-order valence-corrected chi connectivity index (χ4v) is 4.59. The lowest BCUT2D eigenvalue weighted by atomic mass is 10.0. The molecule has 35 heavy (non-hydrogen) atoms. The van der Waals surface area contributed by atoms with E-state index in [2.05, 4.69) is 10.2 Å². The maximum Gasteiger partial charge on any atom is 0.220 e. The smallest absolute Gasteiger partial charge is 0.220 e. The Hall–Kier alpha value is -3.09. The molecule has 1 heterocycles. The van der Waals surface area contributed by atoms with Crippen LogP contribution in [0.1, 0.15) is 42.1 Å². The lowest BCUT2D eigenvalue weighted by molar-refractivity contribution is -0.121. The highest BCUT2D eigenvalue weighted by Crippen LogP contribution is 2.27. The van der Waals surface area contributed by atoms with Crippen LogP contribution in [0.25, 0.3) is 0 Å². The lowest BCUT2D eigenvalue weighted by Gasteiger charge is -2.26. The molecule has 184 valence electrons. The summed E-state index contributed by atoms with van der Waals surface area (Å²) in [6, 6.07) is 22.8. The second-order valence-electron chi connectivity index (χ2n) is 8.98. The van der Waals surface area contributed by atoms with Gasteiger partial charge in [0.25, 0.3) is 0 Å². The Kier molecular flexibility index (Phi) is 8.98. The Morgan fingerprint density at radius 2 is 1.57 bits per heavy atom. The minimum atomic E-state index is -0.407. The maximum atomic E-state index is 13.4. The van der Waals surface area contributed by atoms with Crippen LogP contribution in [0.15, 0.2) is 78.9 Å². The number of hydrogen-bond acceptors (Lipinski definition) is 3. The summed E-state index contributed by atoms with van der Waals surface area (Å²) in [7, 11) is 0. The standard InChI is InChI=1S/C29H32F2N2O2/c30-25-13-9-23(10-14-25)29(24-11-15-26(31)16-12-24)35-20-19-33-18-4-7-27(33)21-32-28(34)17-8-22-5-2-1-3-6-22/h1-3,5-6,9-16,27,29H,4,7-8,17-21H2,(H,32,34)/t27-/m0/s1. The highest BCUT2D eigenvalue weighted by Gasteiger charge is 2.25. The number of amides is 1. The number of ether oxygens (including phenoxy) is 1. The van der Waals surface area contributed by atoms with Crippen molar-refractivity contribution < 1.29 is 18.3 Å². The molecule has 0 aromatic heterocycles. The van der Waals surface area contributed by atoms with Crippen molar-refractivity contribution in [1.82, 2.24) is 10.2 Å². The zero-order valence-electron chi connectivity index (χ0n) is 19.8.